The van der Waals surface area contributed by atoms with Crippen molar-refractivity contribution < 1.29 is 4.79 Å². The highest BCUT2D eigenvalue weighted by molar-refractivity contribution is 6.06. The summed E-state index contributed by atoms with van der Waals surface area (Å²) in [7, 11) is 0. The molecule has 4 nitrogen and oxygen atoms in total. The van der Waals surface area contributed by atoms with Gasteiger partial charge in [-0.2, -0.15) is 5.10 Å². The summed E-state index contributed by atoms with van der Waals surface area (Å²) in [4.78, 5) is 12.4. The summed E-state index contributed by atoms with van der Waals surface area (Å²) in [6, 6.07) is 19.3. The number of nitrogens with one attached hydrogen (secondary N) is 1. The summed E-state index contributed by atoms with van der Waals surface area (Å²) in [5, 5.41) is 9.24. The van der Waals surface area contributed by atoms with Crippen molar-refractivity contribution in [3.63, 3.8) is 0 Å². The van der Waals surface area contributed by atoms with Crippen molar-refractivity contribution >= 4 is 27.9 Å². The van der Waals surface area contributed by atoms with E-state index in [1.54, 1.807) is 10.7 Å². The first-order valence-electron chi connectivity index (χ1n) is 7.03. The monoisotopic (exact) mass is 287 g/mol. The molecule has 0 aliphatic rings. The van der Waals surface area contributed by atoms with E-state index in [1.165, 1.54) is 0 Å². The quantitative estimate of drug-likeness (QED) is 0.610. The molecule has 0 aliphatic carbocycles. The fourth-order valence-corrected chi connectivity index (χ4v) is 2.53. The van der Waals surface area contributed by atoms with Crippen LogP contribution in [0.4, 0.5) is 5.69 Å². The zero-order valence-corrected chi connectivity index (χ0v) is 11.7. The van der Waals surface area contributed by atoms with Crippen LogP contribution in [-0.2, 0) is 0 Å². The fourth-order valence-electron chi connectivity index (χ4n) is 2.53. The molecule has 0 saturated carbocycles. The number of pyridine rings is 1. The molecule has 1 amide bonds. The van der Waals surface area contributed by atoms with Crippen molar-refractivity contribution in [3.05, 3.63) is 78.6 Å². The maximum atomic E-state index is 12.4. The van der Waals surface area contributed by atoms with E-state index in [2.05, 4.69) is 10.4 Å². The molecule has 0 unspecified atom stereocenters. The average molecular weight is 287 g/mol. The number of aromatic nitrogens is 2. The molecule has 2 aromatic carbocycles. The normalized spacial score (nSPS) is 10.9. The van der Waals surface area contributed by atoms with Crippen LogP contribution in [0.25, 0.3) is 16.3 Å². The zero-order chi connectivity index (χ0) is 14.9. The minimum atomic E-state index is -0.116. The van der Waals surface area contributed by atoms with Crippen LogP contribution in [0.2, 0.25) is 0 Å². The van der Waals surface area contributed by atoms with Gasteiger partial charge in [-0.05, 0) is 41.1 Å². The van der Waals surface area contributed by atoms with Gasteiger partial charge in [-0.1, -0.05) is 30.3 Å². The second-order valence-corrected chi connectivity index (χ2v) is 5.13. The molecule has 1 N–H and O–H groups in total. The average Bonchev–Trinajstić information content (AvgIpc) is 3.02. The lowest BCUT2D eigenvalue weighted by atomic mass is 10.1. The van der Waals surface area contributed by atoms with Crippen molar-refractivity contribution in [1.82, 2.24) is 9.61 Å². The third-order valence-corrected chi connectivity index (χ3v) is 3.67. The minimum Gasteiger partial charge on any atom is -0.322 e. The Morgan fingerprint density at radius 2 is 1.82 bits per heavy atom. The second kappa shape index (κ2) is 5.00. The Morgan fingerprint density at radius 1 is 0.955 bits per heavy atom. The van der Waals surface area contributed by atoms with Gasteiger partial charge in [0.1, 0.15) is 0 Å². The summed E-state index contributed by atoms with van der Waals surface area (Å²) < 4.78 is 1.76. The van der Waals surface area contributed by atoms with Gasteiger partial charge in [0.2, 0.25) is 0 Å². The molecule has 4 rings (SSSR count). The van der Waals surface area contributed by atoms with Gasteiger partial charge in [0.25, 0.3) is 5.91 Å². The molecule has 0 atom stereocenters. The van der Waals surface area contributed by atoms with Gasteiger partial charge in [-0.3, -0.25) is 4.79 Å². The molecular weight excluding hydrogens is 274 g/mol. The van der Waals surface area contributed by atoms with Crippen LogP contribution in [0.15, 0.2) is 73.1 Å². The highest BCUT2D eigenvalue weighted by Crippen LogP contribution is 2.17. The maximum absolute atomic E-state index is 12.4. The molecule has 0 saturated heterocycles. The number of hydrogen-bond acceptors (Lipinski definition) is 2. The Hall–Kier alpha value is -3.14. The number of carbonyl (C=O) groups is 1. The van der Waals surface area contributed by atoms with E-state index in [-0.39, 0.29) is 5.91 Å². The number of rotatable bonds is 2. The van der Waals surface area contributed by atoms with Gasteiger partial charge in [-0.15, -0.1) is 0 Å². The largest absolute Gasteiger partial charge is 0.322 e. The van der Waals surface area contributed by atoms with Crippen molar-refractivity contribution in [1.29, 1.82) is 0 Å². The summed E-state index contributed by atoms with van der Waals surface area (Å²) in [6.45, 7) is 0. The molecule has 4 heteroatoms. The van der Waals surface area contributed by atoms with Crippen LogP contribution < -0.4 is 5.32 Å². The Bertz CT molecular complexity index is 988. The van der Waals surface area contributed by atoms with Crippen molar-refractivity contribution in [2.75, 3.05) is 5.32 Å². The van der Waals surface area contributed by atoms with Crippen LogP contribution in [0, 0.1) is 0 Å². The first kappa shape index (κ1) is 12.6. The minimum absolute atomic E-state index is 0.116. The lowest BCUT2D eigenvalue weighted by Gasteiger charge is -2.07. The predicted molar refractivity (Wildman–Crippen MR) is 87.1 cm³/mol. The number of anilines is 1. The Labute approximate surface area is 127 Å². The molecule has 2 heterocycles. The number of benzene rings is 2. The number of hydrogen-bond donors (Lipinski definition) is 1. The summed E-state index contributed by atoms with van der Waals surface area (Å²) >= 11 is 0. The number of fused-ring (bicyclic) bond motifs is 2. The van der Waals surface area contributed by atoms with E-state index < -0.39 is 0 Å². The van der Waals surface area contributed by atoms with E-state index in [0.29, 0.717) is 5.56 Å². The molecule has 2 aromatic heterocycles. The highest BCUT2D eigenvalue weighted by atomic mass is 16.1. The van der Waals surface area contributed by atoms with E-state index in [0.717, 1.165) is 22.0 Å². The molecule has 106 valence electrons. The topological polar surface area (TPSA) is 46.4 Å². The number of amides is 1. The van der Waals surface area contributed by atoms with E-state index in [4.69, 9.17) is 0 Å². The highest BCUT2D eigenvalue weighted by Gasteiger charge is 2.07. The molecule has 0 aliphatic heterocycles. The molecule has 4 aromatic rings. The molecular formula is C18H13N3O. The van der Waals surface area contributed by atoms with E-state index in [1.807, 2.05) is 66.9 Å². The Balaban J connectivity index is 1.64. The second-order valence-electron chi connectivity index (χ2n) is 5.13. The van der Waals surface area contributed by atoms with Crippen LogP contribution in [0.3, 0.4) is 0 Å². The van der Waals surface area contributed by atoms with Crippen LogP contribution >= 0.6 is 0 Å². The van der Waals surface area contributed by atoms with E-state index >= 15 is 0 Å². The fraction of sp³-hybridized carbons (Fsp3) is 0. The number of nitrogens with zero attached hydrogens (tertiary/aromatic N) is 2. The van der Waals surface area contributed by atoms with Gasteiger partial charge < -0.3 is 5.32 Å². The van der Waals surface area contributed by atoms with Gasteiger partial charge in [0.15, 0.2) is 0 Å². The Kier molecular flexibility index (Phi) is 2.86. The van der Waals surface area contributed by atoms with Crippen LogP contribution in [0.5, 0.6) is 0 Å². The summed E-state index contributed by atoms with van der Waals surface area (Å²) in [6.07, 6.45) is 3.55. The number of carbonyl (C=O) groups excluding carboxylic acids is 1. The maximum Gasteiger partial charge on any atom is 0.255 e. The van der Waals surface area contributed by atoms with Crippen molar-refractivity contribution in [3.8, 4) is 0 Å². The van der Waals surface area contributed by atoms with Gasteiger partial charge in [0.05, 0.1) is 5.52 Å². The molecule has 0 radical (unpaired) electrons. The van der Waals surface area contributed by atoms with Gasteiger partial charge in [-0.25, -0.2) is 4.52 Å². The van der Waals surface area contributed by atoms with Gasteiger partial charge >= 0.3 is 0 Å². The first-order valence-corrected chi connectivity index (χ1v) is 7.03. The molecule has 0 fully saturated rings. The van der Waals surface area contributed by atoms with Crippen LogP contribution in [0.1, 0.15) is 10.4 Å². The smallest absolute Gasteiger partial charge is 0.255 e. The van der Waals surface area contributed by atoms with Gasteiger partial charge in [0, 0.05) is 23.6 Å². The lowest BCUT2D eigenvalue weighted by molar-refractivity contribution is 0.102. The predicted octanol–water partition coefficient (Wildman–Crippen LogP) is 3.74. The third-order valence-electron chi connectivity index (χ3n) is 3.67. The van der Waals surface area contributed by atoms with Crippen LogP contribution in [-0.4, -0.2) is 15.5 Å². The standard InChI is InChI=1S/C18H13N3O/c22-18(15-6-5-13-3-1-2-4-14(13)11-15)20-16-8-10-21-17(12-16)7-9-19-21/h1-12H,(H,20,22). The molecule has 0 bridgehead atoms. The molecule has 0 spiro atoms. The first-order chi connectivity index (χ1) is 10.8. The summed E-state index contributed by atoms with van der Waals surface area (Å²) in [5.41, 5.74) is 2.34. The summed E-state index contributed by atoms with van der Waals surface area (Å²) in [5.74, 6) is -0.116. The zero-order valence-electron chi connectivity index (χ0n) is 11.7. The van der Waals surface area contributed by atoms with E-state index in [9.17, 15) is 4.79 Å². The SMILES string of the molecule is O=C(Nc1ccn2nccc2c1)c1ccc2ccccc2c1. The third kappa shape index (κ3) is 2.20. The molecule has 22 heavy (non-hydrogen) atoms. The van der Waals surface area contributed by atoms with Crippen molar-refractivity contribution in [2.24, 2.45) is 0 Å². The van der Waals surface area contributed by atoms with Crippen molar-refractivity contribution in [2.45, 2.75) is 0 Å². The lowest BCUT2D eigenvalue weighted by Crippen LogP contribution is -2.11. The Morgan fingerprint density at radius 3 is 2.73 bits per heavy atom.